The Bertz CT molecular complexity index is 898. The molecule has 0 saturated carbocycles. The van der Waals surface area contributed by atoms with Crippen molar-refractivity contribution in [3.8, 4) is 0 Å². The van der Waals surface area contributed by atoms with Gasteiger partial charge in [0.25, 0.3) is 11.8 Å². The number of benzene rings is 2. The molecule has 3 nitrogen and oxygen atoms in total. The van der Waals surface area contributed by atoms with Gasteiger partial charge in [-0.25, -0.2) is 4.90 Å². The molecule has 2 aromatic rings. The average molecular weight is 439 g/mol. The Morgan fingerprint density at radius 3 is 2.67 bits per heavy atom. The van der Waals surface area contributed by atoms with Crippen LogP contribution in [-0.4, -0.2) is 21.0 Å². The van der Waals surface area contributed by atoms with Gasteiger partial charge in [0.05, 0.1) is 15.5 Å². The van der Waals surface area contributed by atoms with E-state index in [1.54, 1.807) is 30.3 Å². The molecule has 0 radical (unpaired) electrons. The van der Waals surface area contributed by atoms with Crippen molar-refractivity contribution >= 4 is 73.7 Å². The van der Waals surface area contributed by atoms with Gasteiger partial charge in [-0.3, -0.25) is 9.59 Å². The molecule has 0 aliphatic carbocycles. The second-order valence-electron chi connectivity index (χ2n) is 4.86. The molecule has 0 aromatic heterocycles. The Kier molecular flexibility index (Phi) is 5.20. The number of carbonyl (C=O) groups is 2. The highest BCUT2D eigenvalue weighted by Gasteiger charge is 2.37. The van der Waals surface area contributed by atoms with Gasteiger partial charge in [-0.2, -0.15) is 0 Å². The topological polar surface area (TPSA) is 37.4 Å². The average Bonchev–Trinajstić information content (AvgIpc) is 2.81. The summed E-state index contributed by atoms with van der Waals surface area (Å²) >= 11 is 15.7. The SMILES string of the molecule is O=C1/C(=C\c2cccc(Br)c2)SC(=S)N1C(=O)c1ccccc1Cl. The van der Waals surface area contributed by atoms with Crippen molar-refractivity contribution < 1.29 is 9.59 Å². The first-order chi connectivity index (χ1) is 11.5. The summed E-state index contributed by atoms with van der Waals surface area (Å²) < 4.78 is 1.10. The lowest BCUT2D eigenvalue weighted by atomic mass is 10.2. The minimum Gasteiger partial charge on any atom is -0.268 e. The van der Waals surface area contributed by atoms with E-state index in [4.69, 9.17) is 23.8 Å². The number of amides is 2. The second-order valence-corrected chi connectivity index (χ2v) is 7.86. The van der Waals surface area contributed by atoms with Gasteiger partial charge in [0, 0.05) is 4.47 Å². The van der Waals surface area contributed by atoms with Crippen LogP contribution in [-0.2, 0) is 4.79 Å². The zero-order chi connectivity index (χ0) is 17.3. The molecule has 1 saturated heterocycles. The second kappa shape index (κ2) is 7.19. The van der Waals surface area contributed by atoms with Crippen LogP contribution in [0.3, 0.4) is 0 Å². The zero-order valence-electron chi connectivity index (χ0n) is 12.0. The quantitative estimate of drug-likeness (QED) is 0.369. The molecule has 1 fully saturated rings. The van der Waals surface area contributed by atoms with Gasteiger partial charge < -0.3 is 0 Å². The molecule has 120 valence electrons. The predicted molar refractivity (Wildman–Crippen MR) is 105 cm³/mol. The number of hydrogen-bond donors (Lipinski definition) is 0. The molecule has 0 atom stereocenters. The molecular formula is C17H9BrClNO2S2. The maximum Gasteiger partial charge on any atom is 0.273 e. The summed E-state index contributed by atoms with van der Waals surface area (Å²) in [7, 11) is 0. The lowest BCUT2D eigenvalue weighted by Gasteiger charge is -2.13. The molecule has 0 unspecified atom stereocenters. The molecule has 1 heterocycles. The molecule has 0 bridgehead atoms. The monoisotopic (exact) mass is 437 g/mol. The van der Waals surface area contributed by atoms with Crippen LogP contribution in [0.5, 0.6) is 0 Å². The maximum absolute atomic E-state index is 12.6. The third kappa shape index (κ3) is 3.47. The molecule has 2 aromatic carbocycles. The predicted octanol–water partition coefficient (Wildman–Crippen LogP) is 5.14. The van der Waals surface area contributed by atoms with E-state index in [9.17, 15) is 9.59 Å². The van der Waals surface area contributed by atoms with Crippen LogP contribution in [0.25, 0.3) is 6.08 Å². The van der Waals surface area contributed by atoms with E-state index in [0.717, 1.165) is 26.7 Å². The Balaban J connectivity index is 1.92. The fraction of sp³-hybridized carbons (Fsp3) is 0. The van der Waals surface area contributed by atoms with Crippen molar-refractivity contribution in [3.63, 3.8) is 0 Å². The van der Waals surface area contributed by atoms with Gasteiger partial charge in [0.1, 0.15) is 0 Å². The maximum atomic E-state index is 12.6. The van der Waals surface area contributed by atoms with Gasteiger partial charge in [0.2, 0.25) is 0 Å². The molecule has 0 spiro atoms. The summed E-state index contributed by atoms with van der Waals surface area (Å²) in [5.74, 6) is -0.948. The standard InChI is InChI=1S/C17H9BrClNO2S2/c18-11-5-3-4-10(8-11)9-14-16(22)20(17(23)24-14)15(21)12-6-1-2-7-13(12)19/h1-9H/b14-9+. The van der Waals surface area contributed by atoms with Crippen LogP contribution in [0.2, 0.25) is 5.02 Å². The van der Waals surface area contributed by atoms with E-state index >= 15 is 0 Å². The van der Waals surface area contributed by atoms with Crippen LogP contribution < -0.4 is 0 Å². The highest BCUT2D eigenvalue weighted by atomic mass is 79.9. The summed E-state index contributed by atoms with van der Waals surface area (Å²) in [6, 6.07) is 14.1. The van der Waals surface area contributed by atoms with E-state index in [-0.39, 0.29) is 14.9 Å². The number of thioether (sulfide) groups is 1. The van der Waals surface area contributed by atoms with Crippen LogP contribution in [0.1, 0.15) is 15.9 Å². The van der Waals surface area contributed by atoms with Gasteiger partial charge in [-0.05, 0) is 35.9 Å². The molecule has 24 heavy (non-hydrogen) atoms. The molecular weight excluding hydrogens is 430 g/mol. The van der Waals surface area contributed by atoms with Gasteiger partial charge in [0.15, 0.2) is 4.32 Å². The summed E-state index contributed by atoms with van der Waals surface area (Å²) in [5, 5.41) is 0.285. The molecule has 1 aliphatic rings. The minimum absolute atomic E-state index is 0.200. The number of hydrogen-bond acceptors (Lipinski definition) is 4. The normalized spacial score (nSPS) is 16.1. The first kappa shape index (κ1) is 17.4. The highest BCUT2D eigenvalue weighted by molar-refractivity contribution is 9.10. The molecule has 0 N–H and O–H groups in total. The van der Waals surface area contributed by atoms with Crippen LogP contribution >= 0.6 is 51.5 Å². The van der Waals surface area contributed by atoms with Crippen molar-refractivity contribution in [2.45, 2.75) is 0 Å². The number of nitrogens with zero attached hydrogens (tertiary/aromatic N) is 1. The highest BCUT2D eigenvalue weighted by Crippen LogP contribution is 2.34. The number of rotatable bonds is 2. The lowest BCUT2D eigenvalue weighted by molar-refractivity contribution is -0.120. The Morgan fingerprint density at radius 1 is 1.21 bits per heavy atom. The van der Waals surface area contributed by atoms with Gasteiger partial charge in [-0.1, -0.05) is 75.8 Å². The Morgan fingerprint density at radius 2 is 1.96 bits per heavy atom. The van der Waals surface area contributed by atoms with Crippen molar-refractivity contribution in [3.05, 3.63) is 74.1 Å². The number of imide groups is 1. The number of carbonyl (C=O) groups excluding carboxylic acids is 2. The smallest absolute Gasteiger partial charge is 0.268 e. The Labute approximate surface area is 161 Å². The summed E-state index contributed by atoms with van der Waals surface area (Å²) in [4.78, 5) is 26.6. The fourth-order valence-electron chi connectivity index (χ4n) is 2.15. The molecule has 2 amide bonds. The summed E-state index contributed by atoms with van der Waals surface area (Å²) in [6.07, 6.45) is 1.71. The third-order valence-electron chi connectivity index (χ3n) is 3.25. The van der Waals surface area contributed by atoms with E-state index in [0.29, 0.717) is 4.91 Å². The van der Waals surface area contributed by atoms with Crippen LogP contribution in [0, 0.1) is 0 Å². The molecule has 1 aliphatic heterocycles. The van der Waals surface area contributed by atoms with E-state index < -0.39 is 11.8 Å². The summed E-state index contributed by atoms with van der Waals surface area (Å²) in [5.41, 5.74) is 1.09. The van der Waals surface area contributed by atoms with Gasteiger partial charge in [-0.15, -0.1) is 0 Å². The third-order valence-corrected chi connectivity index (χ3v) is 5.37. The van der Waals surface area contributed by atoms with Crippen molar-refractivity contribution in [2.75, 3.05) is 0 Å². The molecule has 3 rings (SSSR count). The Hall–Kier alpha value is -1.47. The van der Waals surface area contributed by atoms with Crippen molar-refractivity contribution in [1.29, 1.82) is 0 Å². The number of halogens is 2. The number of thiocarbonyl (C=S) groups is 1. The lowest BCUT2D eigenvalue weighted by Crippen LogP contribution is -2.34. The van der Waals surface area contributed by atoms with Gasteiger partial charge >= 0.3 is 0 Å². The first-order valence-electron chi connectivity index (χ1n) is 6.80. The summed E-state index contributed by atoms with van der Waals surface area (Å²) in [6.45, 7) is 0. The first-order valence-corrected chi connectivity index (χ1v) is 9.19. The molecule has 7 heteroatoms. The van der Waals surface area contributed by atoms with E-state index in [1.165, 1.54) is 0 Å². The fourth-order valence-corrected chi connectivity index (χ4v) is 4.03. The largest absolute Gasteiger partial charge is 0.273 e. The minimum atomic E-state index is -0.513. The van der Waals surface area contributed by atoms with E-state index in [2.05, 4.69) is 15.9 Å². The van der Waals surface area contributed by atoms with Crippen molar-refractivity contribution in [2.24, 2.45) is 0 Å². The van der Waals surface area contributed by atoms with Crippen LogP contribution in [0.4, 0.5) is 0 Å². The van der Waals surface area contributed by atoms with E-state index in [1.807, 2.05) is 24.3 Å². The van der Waals surface area contributed by atoms with Crippen molar-refractivity contribution in [1.82, 2.24) is 4.90 Å². The van der Waals surface area contributed by atoms with Crippen LogP contribution in [0.15, 0.2) is 57.9 Å². The zero-order valence-corrected chi connectivity index (χ0v) is 16.0.